The highest BCUT2D eigenvalue weighted by Crippen LogP contribution is 2.28. The van der Waals surface area contributed by atoms with E-state index in [1.807, 2.05) is 54.6 Å². The highest BCUT2D eigenvalue weighted by molar-refractivity contribution is 5.70. The average molecular weight is 461 g/mol. The van der Waals surface area contributed by atoms with Gasteiger partial charge in [-0.2, -0.15) is 0 Å². The van der Waals surface area contributed by atoms with Gasteiger partial charge in [0, 0.05) is 12.2 Å². The first kappa shape index (κ1) is 23.2. The number of benzene rings is 3. The summed E-state index contributed by atoms with van der Waals surface area (Å²) in [5.41, 5.74) is 2.47. The Morgan fingerprint density at radius 1 is 0.853 bits per heavy atom. The summed E-state index contributed by atoms with van der Waals surface area (Å²) in [5.74, 6) is 0.539. The molecule has 34 heavy (non-hydrogen) atoms. The van der Waals surface area contributed by atoms with Gasteiger partial charge >= 0.3 is 0 Å². The molecule has 0 saturated carbocycles. The maximum atomic E-state index is 13.5. The zero-order chi connectivity index (χ0) is 24.1. The molecule has 0 aliphatic heterocycles. The lowest BCUT2D eigenvalue weighted by Gasteiger charge is -2.21. The third-order valence-electron chi connectivity index (χ3n) is 5.66. The molecular formula is C27H25FN2O4. The van der Waals surface area contributed by atoms with Crippen LogP contribution < -0.4 is 31.0 Å². The first-order valence-electron chi connectivity index (χ1n) is 10.9. The smallest absolute Gasteiger partial charge is 0.272 e. The second-order valence-corrected chi connectivity index (χ2v) is 7.86. The van der Waals surface area contributed by atoms with Crippen LogP contribution in [0.3, 0.4) is 0 Å². The number of methoxy groups -OCH3 is 2. The highest BCUT2D eigenvalue weighted by atomic mass is 19.1. The van der Waals surface area contributed by atoms with Crippen LogP contribution >= 0.6 is 0 Å². The Balaban J connectivity index is 1.58. The van der Waals surface area contributed by atoms with Crippen molar-refractivity contribution in [1.29, 1.82) is 0 Å². The Labute approximate surface area is 196 Å². The second-order valence-electron chi connectivity index (χ2n) is 7.86. The Morgan fingerprint density at radius 3 is 2.32 bits per heavy atom. The first-order valence-corrected chi connectivity index (χ1v) is 10.9. The third-order valence-corrected chi connectivity index (χ3v) is 5.66. The van der Waals surface area contributed by atoms with Gasteiger partial charge in [-0.3, -0.25) is 9.59 Å². The van der Waals surface area contributed by atoms with Gasteiger partial charge in [0.2, 0.25) is 0 Å². The number of halogens is 1. The molecule has 174 valence electrons. The van der Waals surface area contributed by atoms with Crippen LogP contribution in [0.15, 0.2) is 82.4 Å². The SMILES string of the molecule is COc1ccc(C(NCCc2cccc(F)c2)c2cccc(Nc3c(OC)c(=O)c3=O)c2)cc1. The van der Waals surface area contributed by atoms with Crippen LogP contribution in [0.2, 0.25) is 0 Å². The molecule has 0 fully saturated rings. The van der Waals surface area contributed by atoms with Crippen molar-refractivity contribution < 1.29 is 13.9 Å². The van der Waals surface area contributed by atoms with Gasteiger partial charge in [-0.1, -0.05) is 36.4 Å². The fourth-order valence-corrected chi connectivity index (χ4v) is 3.90. The van der Waals surface area contributed by atoms with Crippen molar-refractivity contribution in [3.05, 3.63) is 116 Å². The molecule has 0 spiro atoms. The molecule has 0 amide bonds. The number of nitrogens with one attached hydrogen (secondary N) is 2. The number of hydrogen-bond acceptors (Lipinski definition) is 6. The monoisotopic (exact) mass is 460 g/mol. The topological polar surface area (TPSA) is 76.7 Å². The van der Waals surface area contributed by atoms with E-state index >= 15 is 0 Å². The van der Waals surface area contributed by atoms with E-state index in [2.05, 4.69) is 10.6 Å². The van der Waals surface area contributed by atoms with Gasteiger partial charge in [0.05, 0.1) is 20.3 Å². The molecule has 4 aromatic carbocycles. The highest BCUT2D eigenvalue weighted by Gasteiger charge is 2.22. The Hall–Kier alpha value is -3.97. The van der Waals surface area contributed by atoms with Gasteiger partial charge in [0.15, 0.2) is 5.75 Å². The first-order chi connectivity index (χ1) is 16.5. The Kier molecular flexibility index (Phi) is 7.04. The van der Waals surface area contributed by atoms with Crippen molar-refractivity contribution in [2.75, 3.05) is 26.1 Å². The summed E-state index contributed by atoms with van der Waals surface area (Å²) in [6.45, 7) is 0.615. The van der Waals surface area contributed by atoms with Crippen molar-refractivity contribution >= 4 is 11.4 Å². The molecule has 0 aromatic heterocycles. The molecule has 4 rings (SSSR count). The summed E-state index contributed by atoms with van der Waals surface area (Å²) < 4.78 is 23.9. The third kappa shape index (κ3) is 5.00. The molecular weight excluding hydrogens is 435 g/mol. The molecule has 2 N–H and O–H groups in total. The minimum atomic E-state index is -0.628. The van der Waals surface area contributed by atoms with E-state index in [0.29, 0.717) is 18.7 Å². The fraction of sp³-hybridized carbons (Fsp3) is 0.185. The Bertz CT molecular complexity index is 1340. The molecule has 4 aromatic rings. The van der Waals surface area contributed by atoms with Gasteiger partial charge in [-0.25, -0.2) is 4.39 Å². The number of rotatable bonds is 10. The molecule has 0 aliphatic rings. The molecule has 1 unspecified atom stereocenters. The lowest BCUT2D eigenvalue weighted by Crippen LogP contribution is -2.34. The molecule has 7 heteroatoms. The van der Waals surface area contributed by atoms with Crippen LogP contribution in [0.1, 0.15) is 22.7 Å². The summed E-state index contributed by atoms with van der Waals surface area (Å²) in [6.07, 6.45) is 0.656. The van der Waals surface area contributed by atoms with Gasteiger partial charge in [-0.15, -0.1) is 0 Å². The summed E-state index contributed by atoms with van der Waals surface area (Å²) in [6, 6.07) is 21.7. The standard InChI is InChI=1S/C27H25FN2O4/c1-33-22-11-9-18(10-12-22)23(29-14-13-17-5-3-7-20(28)15-17)19-6-4-8-21(16-19)30-24-25(31)26(32)27(24)34-2/h3-12,15-16,23,29-30H,13-14H2,1-2H3. The van der Waals surface area contributed by atoms with Crippen LogP contribution in [0.25, 0.3) is 0 Å². The zero-order valence-electron chi connectivity index (χ0n) is 18.9. The van der Waals surface area contributed by atoms with E-state index in [1.165, 1.54) is 19.2 Å². The van der Waals surface area contributed by atoms with Gasteiger partial charge in [0.25, 0.3) is 10.9 Å². The minimum Gasteiger partial charge on any atom is -0.497 e. The lowest BCUT2D eigenvalue weighted by molar-refractivity contribution is 0.408. The maximum Gasteiger partial charge on any atom is 0.272 e. The van der Waals surface area contributed by atoms with Gasteiger partial charge < -0.3 is 20.1 Å². The van der Waals surface area contributed by atoms with E-state index in [4.69, 9.17) is 9.47 Å². The number of anilines is 2. The van der Waals surface area contributed by atoms with Crippen molar-refractivity contribution in [1.82, 2.24) is 5.32 Å². The molecule has 6 nitrogen and oxygen atoms in total. The molecule has 1 atom stereocenters. The van der Waals surface area contributed by atoms with Gasteiger partial charge in [-0.05, 0) is 59.5 Å². The average Bonchev–Trinajstić information content (AvgIpc) is 2.86. The van der Waals surface area contributed by atoms with Crippen LogP contribution in [-0.4, -0.2) is 20.8 Å². The normalized spacial score (nSPS) is 11.9. The van der Waals surface area contributed by atoms with Crippen molar-refractivity contribution in [3.8, 4) is 11.5 Å². The van der Waals surface area contributed by atoms with Gasteiger partial charge in [0.1, 0.15) is 17.3 Å². The predicted octanol–water partition coefficient (Wildman–Crippen LogP) is 4.10. The van der Waals surface area contributed by atoms with Crippen LogP contribution in [0.4, 0.5) is 15.8 Å². The van der Waals surface area contributed by atoms with Crippen molar-refractivity contribution in [3.63, 3.8) is 0 Å². The molecule has 0 aliphatic carbocycles. The van der Waals surface area contributed by atoms with E-state index in [1.54, 1.807) is 13.2 Å². The Morgan fingerprint density at radius 2 is 1.62 bits per heavy atom. The molecule has 0 saturated heterocycles. The summed E-state index contributed by atoms with van der Waals surface area (Å²) >= 11 is 0. The van der Waals surface area contributed by atoms with E-state index in [0.717, 1.165) is 22.4 Å². The lowest BCUT2D eigenvalue weighted by atomic mass is 9.97. The van der Waals surface area contributed by atoms with Crippen LogP contribution in [-0.2, 0) is 6.42 Å². The quantitative estimate of drug-likeness (QED) is 0.347. The zero-order valence-corrected chi connectivity index (χ0v) is 18.9. The van der Waals surface area contributed by atoms with E-state index in [-0.39, 0.29) is 23.3 Å². The van der Waals surface area contributed by atoms with E-state index < -0.39 is 10.9 Å². The van der Waals surface area contributed by atoms with Crippen LogP contribution in [0.5, 0.6) is 11.5 Å². The van der Waals surface area contributed by atoms with E-state index in [9.17, 15) is 14.0 Å². The molecule has 0 radical (unpaired) electrons. The largest absolute Gasteiger partial charge is 0.497 e. The fourth-order valence-electron chi connectivity index (χ4n) is 3.90. The molecule has 0 bridgehead atoms. The maximum absolute atomic E-state index is 13.5. The number of hydrogen-bond donors (Lipinski definition) is 2. The van der Waals surface area contributed by atoms with Crippen LogP contribution in [0, 0.1) is 5.82 Å². The molecule has 0 heterocycles. The van der Waals surface area contributed by atoms with Crippen molar-refractivity contribution in [2.45, 2.75) is 12.5 Å². The predicted molar refractivity (Wildman–Crippen MR) is 131 cm³/mol. The summed E-state index contributed by atoms with van der Waals surface area (Å²) in [4.78, 5) is 23.6. The van der Waals surface area contributed by atoms with Crippen molar-refractivity contribution in [2.24, 2.45) is 0 Å². The number of ether oxygens (including phenoxy) is 2. The minimum absolute atomic E-state index is 0.0373. The summed E-state index contributed by atoms with van der Waals surface area (Å²) in [7, 11) is 2.98. The second kappa shape index (κ2) is 10.3. The summed E-state index contributed by atoms with van der Waals surface area (Å²) in [5, 5.41) is 6.56.